The minimum absolute atomic E-state index is 0.0688. The summed E-state index contributed by atoms with van der Waals surface area (Å²) >= 11 is 0. The highest BCUT2D eigenvalue weighted by atomic mass is 35.7. The van der Waals surface area contributed by atoms with E-state index in [1.54, 1.807) is 13.0 Å². The van der Waals surface area contributed by atoms with Crippen molar-refractivity contribution >= 4 is 25.6 Å². The lowest BCUT2D eigenvalue weighted by atomic mass is 9.89. The third-order valence-corrected chi connectivity index (χ3v) is 4.92. The zero-order valence-electron chi connectivity index (χ0n) is 11.9. The van der Waals surface area contributed by atoms with Gasteiger partial charge in [-0.25, -0.2) is 8.42 Å². The minimum atomic E-state index is -3.84. The van der Waals surface area contributed by atoms with E-state index in [0.29, 0.717) is 17.7 Å². The summed E-state index contributed by atoms with van der Waals surface area (Å²) in [5, 5.41) is 2.88. The van der Waals surface area contributed by atoms with Gasteiger partial charge in [0, 0.05) is 28.9 Å². The summed E-state index contributed by atoms with van der Waals surface area (Å²) in [7, 11) is 1.47. The molecule has 5 nitrogen and oxygen atoms in total. The molecule has 1 saturated carbocycles. The van der Waals surface area contributed by atoms with Crippen molar-refractivity contribution < 1.29 is 17.9 Å². The van der Waals surface area contributed by atoms with E-state index >= 15 is 0 Å². The van der Waals surface area contributed by atoms with Gasteiger partial charge in [-0.2, -0.15) is 0 Å². The van der Waals surface area contributed by atoms with E-state index < -0.39 is 9.05 Å². The molecule has 21 heavy (non-hydrogen) atoms. The molecule has 1 aromatic carbocycles. The number of carbonyl (C=O) groups is 1. The first-order valence-electron chi connectivity index (χ1n) is 6.79. The SMILES string of the molecule is CCOC1CC(NC(=O)c2cc(S(=O)(=O)Cl)ccc2C)C1. The van der Waals surface area contributed by atoms with Gasteiger partial charge in [-0.1, -0.05) is 6.07 Å². The Morgan fingerprint density at radius 1 is 1.43 bits per heavy atom. The third-order valence-electron chi connectivity index (χ3n) is 3.57. The highest BCUT2D eigenvalue weighted by molar-refractivity contribution is 8.13. The molecule has 0 aliphatic heterocycles. The monoisotopic (exact) mass is 331 g/mol. The van der Waals surface area contributed by atoms with E-state index in [1.165, 1.54) is 12.1 Å². The summed E-state index contributed by atoms with van der Waals surface area (Å²) < 4.78 is 28.1. The molecule has 116 valence electrons. The molecule has 1 fully saturated rings. The molecule has 2 rings (SSSR count). The number of hydrogen-bond donors (Lipinski definition) is 1. The van der Waals surface area contributed by atoms with Crippen LogP contribution in [0.4, 0.5) is 0 Å². The van der Waals surface area contributed by atoms with Crippen molar-refractivity contribution in [2.24, 2.45) is 0 Å². The van der Waals surface area contributed by atoms with Crippen LogP contribution in [0, 0.1) is 6.92 Å². The normalized spacial score (nSPS) is 21.7. The van der Waals surface area contributed by atoms with Crippen molar-refractivity contribution in [3.8, 4) is 0 Å². The third kappa shape index (κ3) is 3.96. The summed E-state index contributed by atoms with van der Waals surface area (Å²) in [5.74, 6) is -0.283. The Morgan fingerprint density at radius 3 is 2.67 bits per heavy atom. The van der Waals surface area contributed by atoms with Gasteiger partial charge in [-0.05, 0) is 44.4 Å². The summed E-state index contributed by atoms with van der Waals surface area (Å²) in [6.45, 7) is 4.36. The van der Waals surface area contributed by atoms with Crippen LogP contribution in [0.1, 0.15) is 35.7 Å². The number of nitrogens with one attached hydrogen (secondary N) is 1. The average Bonchev–Trinajstić information content (AvgIpc) is 2.35. The van der Waals surface area contributed by atoms with Gasteiger partial charge in [0.15, 0.2) is 0 Å². The van der Waals surface area contributed by atoms with Gasteiger partial charge in [0.1, 0.15) is 0 Å². The van der Waals surface area contributed by atoms with Gasteiger partial charge in [0.2, 0.25) is 0 Å². The van der Waals surface area contributed by atoms with Gasteiger partial charge in [-0.3, -0.25) is 4.79 Å². The molecule has 0 heterocycles. The Hall–Kier alpha value is -1.11. The Balaban J connectivity index is 2.06. The Kier molecular flexibility index (Phi) is 4.91. The van der Waals surface area contributed by atoms with Crippen LogP contribution in [0.3, 0.4) is 0 Å². The lowest BCUT2D eigenvalue weighted by Gasteiger charge is -2.35. The molecule has 1 amide bonds. The molecule has 0 aromatic heterocycles. The molecule has 0 bridgehead atoms. The Labute approximate surface area is 129 Å². The number of benzene rings is 1. The second-order valence-electron chi connectivity index (χ2n) is 5.13. The van der Waals surface area contributed by atoms with Crippen molar-refractivity contribution in [2.75, 3.05) is 6.61 Å². The maximum atomic E-state index is 12.2. The molecule has 1 aliphatic carbocycles. The van der Waals surface area contributed by atoms with Gasteiger partial charge in [0.05, 0.1) is 11.0 Å². The van der Waals surface area contributed by atoms with Crippen LogP contribution in [0.15, 0.2) is 23.1 Å². The van der Waals surface area contributed by atoms with Crippen molar-refractivity contribution in [2.45, 2.75) is 43.7 Å². The van der Waals surface area contributed by atoms with E-state index in [1.807, 2.05) is 6.92 Å². The first-order valence-corrected chi connectivity index (χ1v) is 9.10. The van der Waals surface area contributed by atoms with Gasteiger partial charge in [0.25, 0.3) is 15.0 Å². The fraction of sp³-hybridized carbons (Fsp3) is 0.500. The summed E-state index contributed by atoms with van der Waals surface area (Å²) in [6.07, 6.45) is 1.77. The predicted octanol–water partition coefficient (Wildman–Crippen LogP) is 2.22. The second-order valence-corrected chi connectivity index (χ2v) is 7.70. The molecule has 0 radical (unpaired) electrons. The molecule has 0 spiro atoms. The second kappa shape index (κ2) is 6.34. The van der Waals surface area contributed by atoms with Crippen LogP contribution >= 0.6 is 10.7 Å². The standard InChI is InChI=1S/C14H18ClNO4S/c1-3-20-11-6-10(7-11)16-14(17)13-8-12(21(15,18)19)5-4-9(13)2/h4-5,8,10-11H,3,6-7H2,1-2H3,(H,16,17). The topological polar surface area (TPSA) is 72.5 Å². The number of aryl methyl sites for hydroxylation is 1. The van der Waals surface area contributed by atoms with E-state index in [-0.39, 0.29) is 22.9 Å². The van der Waals surface area contributed by atoms with Crippen LogP contribution in [0.5, 0.6) is 0 Å². The first-order chi connectivity index (χ1) is 9.81. The molecular weight excluding hydrogens is 314 g/mol. The van der Waals surface area contributed by atoms with Crippen molar-refractivity contribution in [3.05, 3.63) is 29.3 Å². The number of carbonyl (C=O) groups excluding carboxylic acids is 1. The van der Waals surface area contributed by atoms with Crippen molar-refractivity contribution in [3.63, 3.8) is 0 Å². The van der Waals surface area contributed by atoms with Gasteiger partial charge < -0.3 is 10.1 Å². The van der Waals surface area contributed by atoms with Crippen LogP contribution in [0.25, 0.3) is 0 Å². The zero-order valence-corrected chi connectivity index (χ0v) is 13.5. The van der Waals surface area contributed by atoms with Crippen molar-refractivity contribution in [1.82, 2.24) is 5.32 Å². The Morgan fingerprint density at radius 2 is 2.10 bits per heavy atom. The average molecular weight is 332 g/mol. The fourth-order valence-electron chi connectivity index (χ4n) is 2.32. The van der Waals surface area contributed by atoms with E-state index in [0.717, 1.165) is 12.8 Å². The number of rotatable bonds is 5. The largest absolute Gasteiger partial charge is 0.378 e. The minimum Gasteiger partial charge on any atom is -0.378 e. The summed E-state index contributed by atoms with van der Waals surface area (Å²) in [4.78, 5) is 12.2. The molecule has 1 aliphatic rings. The van der Waals surface area contributed by atoms with Crippen LogP contribution < -0.4 is 5.32 Å². The summed E-state index contributed by atoms with van der Waals surface area (Å²) in [6, 6.07) is 4.35. The maximum Gasteiger partial charge on any atom is 0.261 e. The number of hydrogen-bond acceptors (Lipinski definition) is 4. The van der Waals surface area contributed by atoms with Crippen LogP contribution in [0.2, 0.25) is 0 Å². The van der Waals surface area contributed by atoms with E-state index in [4.69, 9.17) is 15.4 Å². The van der Waals surface area contributed by atoms with E-state index in [2.05, 4.69) is 5.32 Å². The van der Waals surface area contributed by atoms with Crippen LogP contribution in [-0.4, -0.2) is 33.1 Å². The lowest BCUT2D eigenvalue weighted by molar-refractivity contribution is -0.00863. The smallest absolute Gasteiger partial charge is 0.261 e. The molecule has 1 aromatic rings. The molecule has 0 atom stereocenters. The summed E-state index contributed by atoms with van der Waals surface area (Å²) in [5.41, 5.74) is 1.04. The highest BCUT2D eigenvalue weighted by Crippen LogP contribution is 2.24. The predicted molar refractivity (Wildman–Crippen MR) is 80.1 cm³/mol. The Bertz CT molecular complexity index is 638. The van der Waals surface area contributed by atoms with Crippen molar-refractivity contribution in [1.29, 1.82) is 0 Å². The molecular formula is C14H18ClNO4S. The lowest BCUT2D eigenvalue weighted by Crippen LogP contribution is -2.47. The molecule has 7 heteroatoms. The molecule has 0 saturated heterocycles. The van der Waals surface area contributed by atoms with Gasteiger partial charge in [-0.15, -0.1) is 0 Å². The van der Waals surface area contributed by atoms with Gasteiger partial charge >= 0.3 is 0 Å². The molecule has 0 unspecified atom stereocenters. The first kappa shape index (κ1) is 16.3. The number of amides is 1. The highest BCUT2D eigenvalue weighted by Gasteiger charge is 2.31. The fourth-order valence-corrected chi connectivity index (χ4v) is 3.09. The number of ether oxygens (including phenoxy) is 1. The molecule has 1 N–H and O–H groups in total. The zero-order chi connectivity index (χ0) is 15.6. The quantitative estimate of drug-likeness (QED) is 0.840. The maximum absolute atomic E-state index is 12.2. The number of halogens is 1. The van der Waals surface area contributed by atoms with Crippen LogP contribution in [-0.2, 0) is 13.8 Å². The van der Waals surface area contributed by atoms with E-state index in [9.17, 15) is 13.2 Å².